The second-order valence-electron chi connectivity index (χ2n) is 4.44. The molecule has 0 bridgehead atoms. The van der Waals surface area contributed by atoms with E-state index in [1.54, 1.807) is 6.07 Å². The first kappa shape index (κ1) is 13.2. The predicted molar refractivity (Wildman–Crippen MR) is 67.0 cm³/mol. The molecule has 1 atom stereocenters. The molecule has 1 aromatic carbocycles. The van der Waals surface area contributed by atoms with Crippen LogP contribution in [0.15, 0.2) is 24.3 Å². The van der Waals surface area contributed by atoms with E-state index in [0.717, 1.165) is 25.1 Å². The topological polar surface area (TPSA) is 12.0 Å². The summed E-state index contributed by atoms with van der Waals surface area (Å²) in [5.41, 5.74) is 0.804. The summed E-state index contributed by atoms with van der Waals surface area (Å²) in [5, 5.41) is 3.38. The lowest BCUT2D eigenvalue weighted by molar-refractivity contribution is 0.476. The van der Waals surface area contributed by atoms with Crippen LogP contribution in [0.3, 0.4) is 0 Å². The minimum atomic E-state index is -0.0918. The Kier molecular flexibility index (Phi) is 6.09. The van der Waals surface area contributed by atoms with Gasteiger partial charge in [0.05, 0.1) is 0 Å². The molecule has 0 aliphatic heterocycles. The molecule has 16 heavy (non-hydrogen) atoms. The molecule has 2 heteroatoms. The van der Waals surface area contributed by atoms with Gasteiger partial charge in [0, 0.05) is 0 Å². The van der Waals surface area contributed by atoms with Gasteiger partial charge in [-0.25, -0.2) is 4.39 Å². The molecule has 0 aromatic heterocycles. The third-order valence-electron chi connectivity index (χ3n) is 2.80. The van der Waals surface area contributed by atoms with E-state index in [1.807, 2.05) is 12.1 Å². The molecule has 0 aliphatic rings. The Labute approximate surface area is 98.1 Å². The van der Waals surface area contributed by atoms with E-state index in [1.165, 1.54) is 18.9 Å². The number of hydrogen-bond acceptors (Lipinski definition) is 1. The predicted octanol–water partition coefficient (Wildman–Crippen LogP) is 3.39. The smallest absolute Gasteiger partial charge is 0.126 e. The summed E-state index contributed by atoms with van der Waals surface area (Å²) in [7, 11) is 0. The molecule has 0 spiro atoms. The maximum absolute atomic E-state index is 13.3. The van der Waals surface area contributed by atoms with Gasteiger partial charge < -0.3 is 5.32 Å². The van der Waals surface area contributed by atoms with Crippen molar-refractivity contribution in [3.63, 3.8) is 0 Å². The van der Waals surface area contributed by atoms with Gasteiger partial charge in [-0.1, -0.05) is 38.5 Å². The molecule has 1 rings (SSSR count). The Morgan fingerprint density at radius 1 is 1.31 bits per heavy atom. The zero-order valence-electron chi connectivity index (χ0n) is 10.3. The Hall–Kier alpha value is -0.890. The summed E-state index contributed by atoms with van der Waals surface area (Å²) >= 11 is 0. The van der Waals surface area contributed by atoms with Gasteiger partial charge in [-0.2, -0.15) is 0 Å². The van der Waals surface area contributed by atoms with Crippen molar-refractivity contribution >= 4 is 0 Å². The van der Waals surface area contributed by atoms with Gasteiger partial charge in [-0.3, -0.25) is 0 Å². The number of halogens is 1. The van der Waals surface area contributed by atoms with Crippen LogP contribution >= 0.6 is 0 Å². The van der Waals surface area contributed by atoms with Crippen molar-refractivity contribution < 1.29 is 4.39 Å². The minimum absolute atomic E-state index is 0.0918. The highest BCUT2D eigenvalue weighted by atomic mass is 19.1. The number of nitrogens with one attached hydrogen (secondary N) is 1. The minimum Gasteiger partial charge on any atom is -0.316 e. The van der Waals surface area contributed by atoms with Crippen molar-refractivity contribution in [3.8, 4) is 0 Å². The summed E-state index contributed by atoms with van der Waals surface area (Å²) in [6.45, 7) is 6.34. The van der Waals surface area contributed by atoms with Gasteiger partial charge in [0.1, 0.15) is 5.82 Å². The molecular formula is C14H22FN. The lowest BCUT2D eigenvalue weighted by Gasteiger charge is -2.11. The van der Waals surface area contributed by atoms with Crippen LogP contribution in [-0.2, 0) is 6.42 Å². The SMILES string of the molecule is CCCC(C)CNCCc1ccccc1F. The third kappa shape index (κ3) is 4.75. The van der Waals surface area contributed by atoms with Crippen molar-refractivity contribution in [1.82, 2.24) is 5.32 Å². The van der Waals surface area contributed by atoms with Crippen molar-refractivity contribution in [2.45, 2.75) is 33.1 Å². The standard InChI is InChI=1S/C14H22FN/c1-3-6-12(2)11-16-10-9-13-7-4-5-8-14(13)15/h4-5,7-8,12,16H,3,6,9-11H2,1-2H3. The molecule has 0 saturated heterocycles. The van der Waals surface area contributed by atoms with Gasteiger partial charge in [-0.05, 0) is 43.5 Å². The fraction of sp³-hybridized carbons (Fsp3) is 0.571. The number of benzene rings is 1. The Bertz CT molecular complexity index is 299. The van der Waals surface area contributed by atoms with Crippen molar-refractivity contribution in [3.05, 3.63) is 35.6 Å². The van der Waals surface area contributed by atoms with Crippen molar-refractivity contribution in [2.75, 3.05) is 13.1 Å². The second-order valence-corrected chi connectivity index (χ2v) is 4.44. The molecule has 0 saturated carbocycles. The Balaban J connectivity index is 2.19. The summed E-state index contributed by atoms with van der Waals surface area (Å²) in [6, 6.07) is 7.00. The normalized spacial score (nSPS) is 12.7. The van der Waals surface area contributed by atoms with Crippen molar-refractivity contribution in [2.24, 2.45) is 5.92 Å². The number of hydrogen-bond donors (Lipinski definition) is 1. The van der Waals surface area contributed by atoms with E-state index in [0.29, 0.717) is 5.92 Å². The molecule has 1 nitrogen and oxygen atoms in total. The first-order valence-corrected chi connectivity index (χ1v) is 6.18. The zero-order chi connectivity index (χ0) is 11.8. The lowest BCUT2D eigenvalue weighted by Crippen LogP contribution is -2.23. The molecule has 0 aliphatic carbocycles. The van der Waals surface area contributed by atoms with Crippen LogP contribution in [0.2, 0.25) is 0 Å². The first-order chi connectivity index (χ1) is 7.74. The van der Waals surface area contributed by atoms with Crippen LogP contribution < -0.4 is 5.32 Å². The molecule has 0 fully saturated rings. The quantitative estimate of drug-likeness (QED) is 0.699. The van der Waals surface area contributed by atoms with Crippen molar-refractivity contribution in [1.29, 1.82) is 0 Å². The Morgan fingerprint density at radius 3 is 2.75 bits per heavy atom. The van der Waals surface area contributed by atoms with Crippen LogP contribution in [0.25, 0.3) is 0 Å². The second kappa shape index (κ2) is 7.39. The van der Waals surface area contributed by atoms with Crippen LogP contribution in [0.1, 0.15) is 32.3 Å². The molecule has 1 aromatic rings. The summed E-state index contributed by atoms with van der Waals surface area (Å²) in [4.78, 5) is 0. The average Bonchev–Trinajstić information content (AvgIpc) is 2.27. The van der Waals surface area contributed by atoms with Gasteiger partial charge >= 0.3 is 0 Å². The van der Waals surface area contributed by atoms with E-state index >= 15 is 0 Å². The maximum Gasteiger partial charge on any atom is 0.126 e. The van der Waals surface area contributed by atoms with E-state index in [2.05, 4.69) is 19.2 Å². The fourth-order valence-electron chi connectivity index (χ4n) is 1.87. The number of rotatable bonds is 7. The summed E-state index contributed by atoms with van der Waals surface area (Å²) in [6.07, 6.45) is 3.26. The molecule has 0 amide bonds. The highest BCUT2D eigenvalue weighted by molar-refractivity contribution is 5.17. The van der Waals surface area contributed by atoms with Crippen LogP contribution in [0.5, 0.6) is 0 Å². The van der Waals surface area contributed by atoms with Crippen LogP contribution in [0.4, 0.5) is 4.39 Å². The van der Waals surface area contributed by atoms with E-state index < -0.39 is 0 Å². The van der Waals surface area contributed by atoms with Gasteiger partial charge in [-0.15, -0.1) is 0 Å². The Morgan fingerprint density at radius 2 is 2.06 bits per heavy atom. The first-order valence-electron chi connectivity index (χ1n) is 6.18. The van der Waals surface area contributed by atoms with Crippen LogP contribution in [0, 0.1) is 11.7 Å². The van der Waals surface area contributed by atoms with E-state index in [-0.39, 0.29) is 5.82 Å². The summed E-state index contributed by atoms with van der Waals surface area (Å²) in [5.74, 6) is 0.622. The zero-order valence-corrected chi connectivity index (χ0v) is 10.3. The van der Waals surface area contributed by atoms with Gasteiger partial charge in [0.2, 0.25) is 0 Å². The maximum atomic E-state index is 13.3. The van der Waals surface area contributed by atoms with Crippen LogP contribution in [-0.4, -0.2) is 13.1 Å². The fourth-order valence-corrected chi connectivity index (χ4v) is 1.87. The molecule has 90 valence electrons. The van der Waals surface area contributed by atoms with E-state index in [9.17, 15) is 4.39 Å². The average molecular weight is 223 g/mol. The van der Waals surface area contributed by atoms with Gasteiger partial charge in [0.25, 0.3) is 0 Å². The third-order valence-corrected chi connectivity index (χ3v) is 2.80. The van der Waals surface area contributed by atoms with Gasteiger partial charge in [0.15, 0.2) is 0 Å². The lowest BCUT2D eigenvalue weighted by atomic mass is 10.1. The molecule has 0 heterocycles. The monoisotopic (exact) mass is 223 g/mol. The molecule has 0 radical (unpaired) electrons. The largest absolute Gasteiger partial charge is 0.316 e. The summed E-state index contributed by atoms with van der Waals surface area (Å²) < 4.78 is 13.3. The highest BCUT2D eigenvalue weighted by Gasteiger charge is 2.01. The highest BCUT2D eigenvalue weighted by Crippen LogP contribution is 2.06. The van der Waals surface area contributed by atoms with E-state index in [4.69, 9.17) is 0 Å². The molecule has 1 N–H and O–H groups in total. The molecule has 1 unspecified atom stereocenters. The molecular weight excluding hydrogens is 201 g/mol.